The molecular weight excluding hydrogens is 270 g/mol. The Kier molecular flexibility index (Phi) is 3.89. The van der Waals surface area contributed by atoms with E-state index in [1.165, 1.54) is 4.90 Å². The number of nitrogens with zero attached hydrogens (tertiary/aromatic N) is 2. The highest BCUT2D eigenvalue weighted by Crippen LogP contribution is 2.35. The molecule has 114 valence electrons. The van der Waals surface area contributed by atoms with Crippen LogP contribution in [-0.4, -0.2) is 34.0 Å². The summed E-state index contributed by atoms with van der Waals surface area (Å²) in [5.41, 5.74) is 6.35. The smallest absolute Gasteiger partial charge is 0.410 e. The number of ether oxygens (including phenoxy) is 1. The molecule has 2 atom stereocenters. The van der Waals surface area contributed by atoms with Crippen molar-refractivity contribution < 1.29 is 14.3 Å². The fourth-order valence-electron chi connectivity index (χ4n) is 2.46. The van der Waals surface area contributed by atoms with E-state index in [-0.39, 0.29) is 12.6 Å². The Morgan fingerprint density at radius 3 is 2.67 bits per heavy atom. The normalized spacial score (nSPS) is 21.6. The molecule has 6 heteroatoms. The van der Waals surface area contributed by atoms with E-state index >= 15 is 0 Å². The van der Waals surface area contributed by atoms with E-state index in [9.17, 15) is 9.59 Å². The van der Waals surface area contributed by atoms with Crippen molar-refractivity contribution in [3.63, 3.8) is 0 Å². The van der Waals surface area contributed by atoms with Crippen LogP contribution in [0.3, 0.4) is 0 Å². The maximum atomic E-state index is 12.3. The topological polar surface area (TPSA) is 85.5 Å². The SMILES string of the molecule is C[C@@H]1c2cccnc2C(C(N)=O)CN1C(=O)OC(C)(C)C. The largest absolute Gasteiger partial charge is 0.444 e. The molecule has 2 rings (SSSR count). The van der Waals surface area contributed by atoms with Gasteiger partial charge in [-0.2, -0.15) is 0 Å². The highest BCUT2D eigenvalue weighted by molar-refractivity contribution is 5.83. The van der Waals surface area contributed by atoms with Crippen LogP contribution in [-0.2, 0) is 9.53 Å². The van der Waals surface area contributed by atoms with E-state index in [0.717, 1.165) is 5.56 Å². The van der Waals surface area contributed by atoms with Gasteiger partial charge in [0.2, 0.25) is 5.91 Å². The molecule has 0 saturated carbocycles. The van der Waals surface area contributed by atoms with E-state index < -0.39 is 23.5 Å². The molecule has 2 N–H and O–H groups in total. The fourth-order valence-corrected chi connectivity index (χ4v) is 2.46. The average Bonchev–Trinajstić information content (AvgIpc) is 2.36. The monoisotopic (exact) mass is 291 g/mol. The van der Waals surface area contributed by atoms with E-state index in [1.54, 1.807) is 33.0 Å². The highest BCUT2D eigenvalue weighted by Gasteiger charge is 2.38. The van der Waals surface area contributed by atoms with E-state index in [1.807, 2.05) is 13.0 Å². The second kappa shape index (κ2) is 5.35. The molecular formula is C15H21N3O3. The van der Waals surface area contributed by atoms with Crippen LogP contribution in [0.2, 0.25) is 0 Å². The Bertz CT molecular complexity index is 566. The van der Waals surface area contributed by atoms with Crippen molar-refractivity contribution in [2.75, 3.05) is 6.54 Å². The van der Waals surface area contributed by atoms with E-state index in [2.05, 4.69) is 4.98 Å². The zero-order chi connectivity index (χ0) is 15.8. The number of hydrogen-bond donors (Lipinski definition) is 1. The molecule has 2 amide bonds. The van der Waals surface area contributed by atoms with Gasteiger partial charge in [0, 0.05) is 12.7 Å². The Balaban J connectivity index is 2.35. The van der Waals surface area contributed by atoms with Crippen LogP contribution in [0, 0.1) is 0 Å². The number of fused-ring (bicyclic) bond motifs is 1. The van der Waals surface area contributed by atoms with Crippen molar-refractivity contribution in [2.24, 2.45) is 5.73 Å². The van der Waals surface area contributed by atoms with Gasteiger partial charge in [0.05, 0.1) is 17.7 Å². The summed E-state index contributed by atoms with van der Waals surface area (Å²) in [6.07, 6.45) is 1.18. The molecule has 1 aliphatic heterocycles. The van der Waals surface area contributed by atoms with Gasteiger partial charge in [-0.3, -0.25) is 9.78 Å². The lowest BCUT2D eigenvalue weighted by Gasteiger charge is -2.38. The first-order valence-electron chi connectivity index (χ1n) is 6.94. The van der Waals surface area contributed by atoms with Gasteiger partial charge in [-0.25, -0.2) is 4.79 Å². The first kappa shape index (κ1) is 15.3. The van der Waals surface area contributed by atoms with Gasteiger partial charge in [-0.05, 0) is 39.3 Å². The molecule has 1 aliphatic rings. The van der Waals surface area contributed by atoms with Crippen LogP contribution >= 0.6 is 0 Å². The zero-order valence-corrected chi connectivity index (χ0v) is 12.8. The third-order valence-electron chi connectivity index (χ3n) is 3.47. The number of rotatable bonds is 1. The molecule has 21 heavy (non-hydrogen) atoms. The van der Waals surface area contributed by atoms with Gasteiger partial charge in [0.25, 0.3) is 0 Å². The molecule has 0 spiro atoms. The van der Waals surface area contributed by atoms with Gasteiger partial charge in [0.15, 0.2) is 0 Å². The number of aromatic nitrogens is 1. The van der Waals surface area contributed by atoms with Crippen LogP contribution in [0.25, 0.3) is 0 Å². The van der Waals surface area contributed by atoms with Gasteiger partial charge >= 0.3 is 6.09 Å². The molecule has 6 nitrogen and oxygen atoms in total. The van der Waals surface area contributed by atoms with E-state index in [4.69, 9.17) is 10.5 Å². The van der Waals surface area contributed by atoms with Crippen LogP contribution in [0.15, 0.2) is 18.3 Å². The number of amides is 2. The molecule has 1 aromatic rings. The first-order chi connectivity index (χ1) is 9.70. The molecule has 0 fully saturated rings. The van der Waals surface area contributed by atoms with Crippen molar-refractivity contribution in [1.82, 2.24) is 9.88 Å². The molecule has 0 aromatic carbocycles. The van der Waals surface area contributed by atoms with Crippen LogP contribution < -0.4 is 5.73 Å². The highest BCUT2D eigenvalue weighted by atomic mass is 16.6. The molecule has 1 aromatic heterocycles. The number of carbonyl (C=O) groups is 2. The summed E-state index contributed by atoms with van der Waals surface area (Å²) in [6, 6.07) is 3.44. The maximum Gasteiger partial charge on any atom is 0.410 e. The van der Waals surface area contributed by atoms with Crippen molar-refractivity contribution >= 4 is 12.0 Å². The summed E-state index contributed by atoms with van der Waals surface area (Å²) >= 11 is 0. The van der Waals surface area contributed by atoms with Crippen LogP contribution in [0.5, 0.6) is 0 Å². The summed E-state index contributed by atoms with van der Waals surface area (Å²) < 4.78 is 5.41. The van der Waals surface area contributed by atoms with Crippen molar-refractivity contribution in [3.05, 3.63) is 29.6 Å². The first-order valence-corrected chi connectivity index (χ1v) is 6.94. The predicted molar refractivity (Wildman–Crippen MR) is 77.5 cm³/mol. The van der Waals surface area contributed by atoms with E-state index in [0.29, 0.717) is 5.69 Å². The number of pyridine rings is 1. The molecule has 2 heterocycles. The minimum atomic E-state index is -0.607. The van der Waals surface area contributed by atoms with Gasteiger partial charge in [-0.1, -0.05) is 6.07 Å². The number of nitrogens with two attached hydrogens (primary N) is 1. The average molecular weight is 291 g/mol. The van der Waals surface area contributed by atoms with Crippen molar-refractivity contribution in [3.8, 4) is 0 Å². The molecule has 0 aliphatic carbocycles. The quantitative estimate of drug-likeness (QED) is 0.857. The van der Waals surface area contributed by atoms with Crippen molar-refractivity contribution in [2.45, 2.75) is 45.3 Å². The number of carbonyl (C=O) groups excluding carboxylic acids is 2. The molecule has 0 bridgehead atoms. The van der Waals surface area contributed by atoms with Crippen LogP contribution in [0.1, 0.15) is 50.9 Å². The minimum Gasteiger partial charge on any atom is -0.444 e. The Hall–Kier alpha value is -2.11. The second-order valence-electron chi connectivity index (χ2n) is 6.24. The summed E-state index contributed by atoms with van der Waals surface area (Å²) in [4.78, 5) is 29.8. The number of primary amides is 1. The zero-order valence-electron chi connectivity index (χ0n) is 12.8. The lowest BCUT2D eigenvalue weighted by molar-refractivity contribution is -0.120. The third-order valence-corrected chi connectivity index (χ3v) is 3.47. The number of hydrogen-bond acceptors (Lipinski definition) is 4. The standard InChI is InChI=1S/C15H21N3O3/c1-9-10-6-5-7-17-12(10)11(13(16)19)8-18(9)14(20)21-15(2,3)4/h5-7,9,11H,8H2,1-4H3,(H2,16,19)/t9-,11?/m1/s1. The minimum absolute atomic E-state index is 0.190. The Morgan fingerprint density at radius 1 is 1.43 bits per heavy atom. The Labute approximate surface area is 124 Å². The second-order valence-corrected chi connectivity index (χ2v) is 6.24. The third kappa shape index (κ3) is 3.15. The molecule has 1 unspecified atom stereocenters. The summed E-state index contributed by atoms with van der Waals surface area (Å²) in [5.74, 6) is -1.10. The summed E-state index contributed by atoms with van der Waals surface area (Å²) in [7, 11) is 0. The lowest BCUT2D eigenvalue weighted by Crippen LogP contribution is -2.46. The maximum absolute atomic E-state index is 12.3. The Morgan fingerprint density at radius 2 is 2.10 bits per heavy atom. The van der Waals surface area contributed by atoms with Gasteiger partial charge in [0.1, 0.15) is 5.60 Å². The summed E-state index contributed by atoms with van der Waals surface area (Å²) in [6.45, 7) is 7.50. The summed E-state index contributed by atoms with van der Waals surface area (Å²) in [5, 5.41) is 0. The fraction of sp³-hybridized carbons (Fsp3) is 0.533. The van der Waals surface area contributed by atoms with Gasteiger partial charge < -0.3 is 15.4 Å². The van der Waals surface area contributed by atoms with Crippen molar-refractivity contribution in [1.29, 1.82) is 0 Å². The predicted octanol–water partition coefficient (Wildman–Crippen LogP) is 1.96. The molecule has 0 saturated heterocycles. The van der Waals surface area contributed by atoms with Gasteiger partial charge in [-0.15, -0.1) is 0 Å². The molecule has 0 radical (unpaired) electrons. The van der Waals surface area contributed by atoms with Crippen LogP contribution in [0.4, 0.5) is 4.79 Å². The lowest BCUT2D eigenvalue weighted by atomic mass is 9.90.